The van der Waals surface area contributed by atoms with E-state index < -0.39 is 0 Å². The molecular formula is C25H37FN6O2. The first kappa shape index (κ1) is 26.0. The quantitative estimate of drug-likeness (QED) is 0.431. The second kappa shape index (κ2) is 11.7. The van der Waals surface area contributed by atoms with Gasteiger partial charge < -0.3 is 21.1 Å². The normalized spacial score (nSPS) is 18.8. The maximum atomic E-state index is 14.0. The van der Waals surface area contributed by atoms with E-state index in [1.807, 2.05) is 39.1 Å². The SMILES string of the molecule is CC.CCON1CC2(CC[C@@H](NCCNc3ncc(F)cc3-c3ccnc4[nH]ccc34)C2)C1.O. The number of pyridine rings is 2. The molecule has 5 rings (SSSR count). The van der Waals surface area contributed by atoms with Crippen molar-refractivity contribution in [2.75, 3.05) is 38.1 Å². The van der Waals surface area contributed by atoms with E-state index >= 15 is 0 Å². The Kier molecular flexibility index (Phi) is 8.96. The van der Waals surface area contributed by atoms with E-state index in [2.05, 4.69) is 30.6 Å². The summed E-state index contributed by atoms with van der Waals surface area (Å²) in [6, 6.07) is 5.94. The van der Waals surface area contributed by atoms with Crippen LogP contribution >= 0.6 is 0 Å². The number of anilines is 1. The van der Waals surface area contributed by atoms with E-state index in [1.165, 1.54) is 31.5 Å². The minimum atomic E-state index is -0.350. The van der Waals surface area contributed by atoms with Gasteiger partial charge in [0.15, 0.2) is 0 Å². The van der Waals surface area contributed by atoms with Crippen LogP contribution in [0.25, 0.3) is 22.2 Å². The first-order valence-electron chi connectivity index (χ1n) is 12.1. The summed E-state index contributed by atoms with van der Waals surface area (Å²) < 4.78 is 14.0. The molecule has 0 aromatic carbocycles. The Balaban J connectivity index is 0.00000105. The van der Waals surface area contributed by atoms with E-state index in [1.54, 1.807) is 6.20 Å². The summed E-state index contributed by atoms with van der Waals surface area (Å²) in [6.45, 7) is 10.5. The monoisotopic (exact) mass is 472 g/mol. The fourth-order valence-corrected chi connectivity index (χ4v) is 5.08. The molecule has 1 aliphatic carbocycles. The van der Waals surface area contributed by atoms with Crippen LogP contribution in [0.15, 0.2) is 36.8 Å². The van der Waals surface area contributed by atoms with Crippen molar-refractivity contribution in [3.05, 3.63) is 42.6 Å². The van der Waals surface area contributed by atoms with Crippen LogP contribution in [-0.4, -0.2) is 64.3 Å². The van der Waals surface area contributed by atoms with E-state index in [0.717, 1.165) is 54.9 Å². The third kappa shape index (κ3) is 5.55. The second-order valence-electron chi connectivity index (χ2n) is 8.68. The van der Waals surface area contributed by atoms with Gasteiger partial charge in [-0.3, -0.25) is 4.84 Å². The van der Waals surface area contributed by atoms with Crippen LogP contribution in [0.3, 0.4) is 0 Å². The summed E-state index contributed by atoms with van der Waals surface area (Å²) in [4.78, 5) is 17.3. The lowest BCUT2D eigenvalue weighted by Crippen LogP contribution is -2.55. The van der Waals surface area contributed by atoms with Gasteiger partial charge in [-0.05, 0) is 49.9 Å². The van der Waals surface area contributed by atoms with Gasteiger partial charge in [0.1, 0.15) is 17.3 Å². The third-order valence-corrected chi connectivity index (χ3v) is 6.49. The van der Waals surface area contributed by atoms with E-state index in [9.17, 15) is 4.39 Å². The lowest BCUT2D eigenvalue weighted by Gasteiger charge is -2.47. The van der Waals surface area contributed by atoms with Crippen LogP contribution in [-0.2, 0) is 4.84 Å². The fraction of sp³-hybridized carbons (Fsp3) is 0.520. The van der Waals surface area contributed by atoms with Crippen LogP contribution in [0.4, 0.5) is 10.2 Å². The Labute approximate surface area is 200 Å². The Hall–Kier alpha value is -2.59. The number of hydrogen-bond acceptors (Lipinski definition) is 6. The number of hydrogen-bond donors (Lipinski definition) is 3. The molecule has 1 saturated heterocycles. The van der Waals surface area contributed by atoms with Crippen LogP contribution < -0.4 is 10.6 Å². The third-order valence-electron chi connectivity index (χ3n) is 6.49. The first-order chi connectivity index (χ1) is 16.2. The van der Waals surface area contributed by atoms with Gasteiger partial charge in [0.2, 0.25) is 0 Å². The predicted molar refractivity (Wildman–Crippen MR) is 134 cm³/mol. The zero-order valence-corrected chi connectivity index (χ0v) is 20.3. The van der Waals surface area contributed by atoms with Crippen LogP contribution in [0.2, 0.25) is 0 Å². The zero-order valence-electron chi connectivity index (χ0n) is 20.3. The van der Waals surface area contributed by atoms with Crippen molar-refractivity contribution in [1.29, 1.82) is 0 Å². The van der Waals surface area contributed by atoms with Gasteiger partial charge in [-0.1, -0.05) is 13.8 Å². The average Bonchev–Trinajstić information content (AvgIpc) is 3.46. The fourth-order valence-electron chi connectivity index (χ4n) is 5.08. The number of fused-ring (bicyclic) bond motifs is 1. The standard InChI is InChI=1S/C23H29FN6O.C2H6.H2O/c1-2-31-30-14-23(15-30)6-3-17(12-23)25-9-10-28-22-20(11-16(24)13-29-22)18-4-7-26-21-19(18)5-8-27-21;1-2;/h4-5,7-8,11,13,17,25H,2-3,6,9-10,12,14-15H2,1H3,(H,26,27)(H,28,29);1-2H3;1H2/t17-;;/m1../s1. The number of aromatic amines is 1. The second-order valence-corrected chi connectivity index (χ2v) is 8.68. The Morgan fingerprint density at radius 1 is 1.21 bits per heavy atom. The molecule has 3 aromatic heterocycles. The van der Waals surface area contributed by atoms with Crippen LogP contribution in [0.5, 0.6) is 0 Å². The largest absolute Gasteiger partial charge is 0.412 e. The molecule has 0 amide bonds. The van der Waals surface area contributed by atoms with Crippen molar-refractivity contribution < 1.29 is 14.7 Å². The van der Waals surface area contributed by atoms with Gasteiger partial charge in [0, 0.05) is 61.0 Å². The Morgan fingerprint density at radius 3 is 2.82 bits per heavy atom. The first-order valence-corrected chi connectivity index (χ1v) is 12.1. The molecule has 2 aliphatic rings. The van der Waals surface area contributed by atoms with Crippen molar-refractivity contribution in [2.45, 2.75) is 46.1 Å². The molecule has 5 N–H and O–H groups in total. The maximum Gasteiger partial charge on any atom is 0.142 e. The highest BCUT2D eigenvalue weighted by Gasteiger charge is 2.48. The van der Waals surface area contributed by atoms with Crippen molar-refractivity contribution in [1.82, 2.24) is 25.3 Å². The number of hydroxylamine groups is 2. The smallest absolute Gasteiger partial charge is 0.142 e. The minimum Gasteiger partial charge on any atom is -0.412 e. The molecule has 4 heterocycles. The molecule has 186 valence electrons. The zero-order chi connectivity index (χ0) is 23.3. The lowest BCUT2D eigenvalue weighted by molar-refractivity contribution is -0.246. The summed E-state index contributed by atoms with van der Waals surface area (Å²) >= 11 is 0. The van der Waals surface area contributed by atoms with Gasteiger partial charge in [-0.25, -0.2) is 14.4 Å². The molecule has 1 spiro atoms. The summed E-state index contributed by atoms with van der Waals surface area (Å²) in [7, 11) is 0. The molecule has 9 heteroatoms. The van der Waals surface area contributed by atoms with Crippen molar-refractivity contribution in [2.24, 2.45) is 5.41 Å². The molecule has 0 radical (unpaired) electrons. The molecule has 8 nitrogen and oxygen atoms in total. The number of H-pyrrole nitrogens is 1. The summed E-state index contributed by atoms with van der Waals surface area (Å²) in [5.41, 5.74) is 2.88. The molecule has 34 heavy (non-hydrogen) atoms. The summed E-state index contributed by atoms with van der Waals surface area (Å²) in [5.74, 6) is 0.336. The highest BCUT2D eigenvalue weighted by molar-refractivity contribution is 5.95. The van der Waals surface area contributed by atoms with Crippen molar-refractivity contribution >= 4 is 16.9 Å². The average molecular weight is 473 g/mol. The summed E-state index contributed by atoms with van der Waals surface area (Å²) in [5, 5.41) is 10.1. The molecule has 1 aliphatic heterocycles. The lowest BCUT2D eigenvalue weighted by atomic mass is 9.79. The molecule has 1 atom stereocenters. The number of aromatic nitrogens is 3. The highest BCUT2D eigenvalue weighted by Crippen LogP contribution is 2.45. The Bertz CT molecular complexity index is 1050. The van der Waals surface area contributed by atoms with Crippen LogP contribution in [0, 0.1) is 11.2 Å². The molecule has 0 unspecified atom stereocenters. The maximum absolute atomic E-state index is 14.0. The number of nitrogens with one attached hydrogen (secondary N) is 3. The van der Waals surface area contributed by atoms with Crippen molar-refractivity contribution in [3.8, 4) is 11.1 Å². The van der Waals surface area contributed by atoms with Gasteiger partial charge in [-0.2, -0.15) is 5.06 Å². The number of halogens is 1. The molecule has 0 bridgehead atoms. The van der Waals surface area contributed by atoms with Gasteiger partial charge >= 0.3 is 0 Å². The van der Waals surface area contributed by atoms with Crippen LogP contribution in [0.1, 0.15) is 40.0 Å². The predicted octanol–water partition coefficient (Wildman–Crippen LogP) is 3.77. The van der Waals surface area contributed by atoms with E-state index in [0.29, 0.717) is 17.3 Å². The molecule has 3 aromatic rings. The van der Waals surface area contributed by atoms with E-state index in [4.69, 9.17) is 4.84 Å². The van der Waals surface area contributed by atoms with Crippen molar-refractivity contribution in [3.63, 3.8) is 0 Å². The number of rotatable bonds is 8. The Morgan fingerprint density at radius 2 is 2.03 bits per heavy atom. The molecular weight excluding hydrogens is 435 g/mol. The number of nitrogens with zero attached hydrogens (tertiary/aromatic N) is 3. The van der Waals surface area contributed by atoms with Gasteiger partial charge in [0.25, 0.3) is 0 Å². The topological polar surface area (TPSA) is 110 Å². The highest BCUT2D eigenvalue weighted by atomic mass is 19.1. The van der Waals surface area contributed by atoms with Gasteiger partial charge in [-0.15, -0.1) is 0 Å². The van der Waals surface area contributed by atoms with E-state index in [-0.39, 0.29) is 11.3 Å². The minimum absolute atomic E-state index is 0. The molecule has 2 fully saturated rings. The molecule has 1 saturated carbocycles. The summed E-state index contributed by atoms with van der Waals surface area (Å²) in [6.07, 6.45) is 8.51. The van der Waals surface area contributed by atoms with Gasteiger partial charge in [0.05, 0.1) is 12.8 Å².